The predicted molar refractivity (Wildman–Crippen MR) is 52.4 cm³/mol. The maximum absolute atomic E-state index is 9.15. The number of allylic oxidation sites excluding steroid dienone is 1. The van der Waals surface area contributed by atoms with E-state index in [2.05, 4.69) is 6.58 Å². The van der Waals surface area contributed by atoms with Crippen LogP contribution in [0, 0.1) is 0 Å². The van der Waals surface area contributed by atoms with Gasteiger partial charge in [0.1, 0.15) is 0 Å². The molecule has 1 heterocycles. The number of hydrogen-bond acceptors (Lipinski definition) is 3. The van der Waals surface area contributed by atoms with Gasteiger partial charge in [-0.1, -0.05) is 6.08 Å². The number of ether oxygens (including phenoxy) is 2. The third-order valence-corrected chi connectivity index (χ3v) is 2.23. The smallest absolute Gasteiger partial charge is 0.231 e. The van der Waals surface area contributed by atoms with Crippen molar-refractivity contribution in [3.05, 3.63) is 35.9 Å². The van der Waals surface area contributed by atoms with Gasteiger partial charge in [-0.05, 0) is 29.7 Å². The Bertz CT molecular complexity index is 358. The Hall–Kier alpha value is -1.48. The van der Waals surface area contributed by atoms with Gasteiger partial charge in [-0.25, -0.2) is 0 Å². The standard InChI is InChI=1S/C11H12O3/c1-2-3-8-4-10-11(14-7-13-10)5-9(8)6-12/h2,4-5,12H,1,3,6-7H2. The highest BCUT2D eigenvalue weighted by Crippen LogP contribution is 2.35. The zero-order chi connectivity index (χ0) is 9.97. The molecule has 0 saturated heterocycles. The van der Waals surface area contributed by atoms with Crippen LogP contribution in [0.4, 0.5) is 0 Å². The van der Waals surface area contributed by atoms with Crippen LogP contribution in [0.3, 0.4) is 0 Å². The Morgan fingerprint density at radius 3 is 2.50 bits per heavy atom. The largest absolute Gasteiger partial charge is 0.454 e. The van der Waals surface area contributed by atoms with E-state index < -0.39 is 0 Å². The van der Waals surface area contributed by atoms with E-state index in [1.54, 1.807) is 6.08 Å². The van der Waals surface area contributed by atoms with Crippen LogP contribution in [0.15, 0.2) is 24.8 Å². The summed E-state index contributed by atoms with van der Waals surface area (Å²) >= 11 is 0. The molecule has 0 saturated carbocycles. The van der Waals surface area contributed by atoms with E-state index in [1.807, 2.05) is 12.1 Å². The van der Waals surface area contributed by atoms with Gasteiger partial charge in [0.05, 0.1) is 6.61 Å². The Morgan fingerprint density at radius 2 is 1.93 bits per heavy atom. The molecule has 0 atom stereocenters. The summed E-state index contributed by atoms with van der Waals surface area (Å²) in [7, 11) is 0. The quantitative estimate of drug-likeness (QED) is 0.740. The van der Waals surface area contributed by atoms with E-state index >= 15 is 0 Å². The summed E-state index contributed by atoms with van der Waals surface area (Å²) in [5.41, 5.74) is 1.90. The first-order chi connectivity index (χ1) is 6.85. The number of benzene rings is 1. The Morgan fingerprint density at radius 1 is 1.29 bits per heavy atom. The number of aliphatic hydroxyl groups is 1. The van der Waals surface area contributed by atoms with Crippen molar-refractivity contribution < 1.29 is 14.6 Å². The van der Waals surface area contributed by atoms with Crippen molar-refractivity contribution in [2.75, 3.05) is 6.79 Å². The molecule has 0 amide bonds. The van der Waals surface area contributed by atoms with Crippen molar-refractivity contribution in [3.8, 4) is 11.5 Å². The maximum Gasteiger partial charge on any atom is 0.231 e. The topological polar surface area (TPSA) is 38.7 Å². The monoisotopic (exact) mass is 192 g/mol. The summed E-state index contributed by atoms with van der Waals surface area (Å²) in [6.45, 7) is 3.95. The Balaban J connectivity index is 2.43. The van der Waals surface area contributed by atoms with Gasteiger partial charge in [0, 0.05) is 0 Å². The Labute approximate surface area is 82.6 Å². The lowest BCUT2D eigenvalue weighted by Crippen LogP contribution is -1.92. The first-order valence-corrected chi connectivity index (χ1v) is 4.48. The predicted octanol–water partition coefficient (Wildman–Crippen LogP) is 1.64. The van der Waals surface area contributed by atoms with Gasteiger partial charge in [0.25, 0.3) is 0 Å². The molecule has 1 N–H and O–H groups in total. The second kappa shape index (κ2) is 3.72. The fourth-order valence-corrected chi connectivity index (χ4v) is 1.52. The first-order valence-electron chi connectivity index (χ1n) is 4.48. The van der Waals surface area contributed by atoms with Gasteiger partial charge in [0.2, 0.25) is 6.79 Å². The molecule has 0 radical (unpaired) electrons. The molecule has 0 aliphatic carbocycles. The van der Waals surface area contributed by atoms with Crippen LogP contribution in [-0.4, -0.2) is 11.9 Å². The van der Waals surface area contributed by atoms with E-state index in [9.17, 15) is 0 Å². The average molecular weight is 192 g/mol. The number of hydrogen-bond donors (Lipinski definition) is 1. The summed E-state index contributed by atoms with van der Waals surface area (Å²) in [5, 5.41) is 9.15. The van der Waals surface area contributed by atoms with Crippen molar-refractivity contribution in [1.82, 2.24) is 0 Å². The van der Waals surface area contributed by atoms with E-state index in [1.165, 1.54) is 0 Å². The van der Waals surface area contributed by atoms with Crippen LogP contribution in [-0.2, 0) is 13.0 Å². The van der Waals surface area contributed by atoms with Crippen molar-refractivity contribution in [1.29, 1.82) is 0 Å². The van der Waals surface area contributed by atoms with Gasteiger partial charge in [-0.2, -0.15) is 0 Å². The minimum atomic E-state index is 0.0137. The lowest BCUT2D eigenvalue weighted by Gasteiger charge is -2.06. The van der Waals surface area contributed by atoms with E-state index in [-0.39, 0.29) is 13.4 Å². The molecule has 0 bridgehead atoms. The van der Waals surface area contributed by atoms with Gasteiger partial charge >= 0.3 is 0 Å². The maximum atomic E-state index is 9.15. The zero-order valence-electron chi connectivity index (χ0n) is 7.82. The van der Waals surface area contributed by atoms with Crippen molar-refractivity contribution in [2.45, 2.75) is 13.0 Å². The molecule has 2 rings (SSSR count). The SMILES string of the molecule is C=CCc1cc2c(cc1CO)OCO2. The lowest BCUT2D eigenvalue weighted by atomic mass is 10.0. The number of aliphatic hydroxyl groups excluding tert-OH is 1. The zero-order valence-corrected chi connectivity index (χ0v) is 7.82. The summed E-state index contributed by atoms with van der Waals surface area (Å²) in [4.78, 5) is 0. The molecule has 14 heavy (non-hydrogen) atoms. The van der Waals surface area contributed by atoms with Crippen LogP contribution in [0.1, 0.15) is 11.1 Å². The Kier molecular flexibility index (Phi) is 2.41. The third kappa shape index (κ3) is 1.46. The molecule has 0 aromatic heterocycles. The normalized spacial score (nSPS) is 12.9. The molecular weight excluding hydrogens is 180 g/mol. The van der Waals surface area contributed by atoms with E-state index in [0.29, 0.717) is 5.75 Å². The van der Waals surface area contributed by atoms with Crippen LogP contribution in [0.25, 0.3) is 0 Å². The molecule has 74 valence electrons. The number of fused-ring (bicyclic) bond motifs is 1. The lowest BCUT2D eigenvalue weighted by molar-refractivity contribution is 0.174. The third-order valence-electron chi connectivity index (χ3n) is 2.23. The minimum Gasteiger partial charge on any atom is -0.454 e. The highest BCUT2D eigenvalue weighted by atomic mass is 16.7. The molecule has 0 unspecified atom stereocenters. The average Bonchev–Trinajstić information content (AvgIpc) is 2.64. The molecule has 3 nitrogen and oxygen atoms in total. The second-order valence-corrected chi connectivity index (χ2v) is 3.13. The molecule has 0 spiro atoms. The van der Waals surface area contributed by atoms with Crippen LogP contribution in [0.2, 0.25) is 0 Å². The number of rotatable bonds is 3. The first kappa shape index (κ1) is 9.09. The molecule has 1 aliphatic heterocycles. The van der Waals surface area contributed by atoms with E-state index in [4.69, 9.17) is 14.6 Å². The second-order valence-electron chi connectivity index (χ2n) is 3.13. The van der Waals surface area contributed by atoms with Crippen molar-refractivity contribution in [2.24, 2.45) is 0 Å². The van der Waals surface area contributed by atoms with Crippen molar-refractivity contribution in [3.63, 3.8) is 0 Å². The molecule has 3 heteroatoms. The van der Waals surface area contributed by atoms with Gasteiger partial charge in [0.15, 0.2) is 11.5 Å². The van der Waals surface area contributed by atoms with E-state index in [0.717, 1.165) is 23.3 Å². The van der Waals surface area contributed by atoms with Gasteiger partial charge < -0.3 is 14.6 Å². The molecule has 0 fully saturated rings. The summed E-state index contributed by atoms with van der Waals surface area (Å²) in [6.07, 6.45) is 2.53. The van der Waals surface area contributed by atoms with Crippen LogP contribution < -0.4 is 9.47 Å². The minimum absolute atomic E-state index is 0.0137. The highest BCUT2D eigenvalue weighted by Gasteiger charge is 2.15. The van der Waals surface area contributed by atoms with Crippen molar-refractivity contribution >= 4 is 0 Å². The van der Waals surface area contributed by atoms with Crippen LogP contribution >= 0.6 is 0 Å². The van der Waals surface area contributed by atoms with Crippen LogP contribution in [0.5, 0.6) is 11.5 Å². The molecular formula is C11H12O3. The van der Waals surface area contributed by atoms with Gasteiger partial charge in [-0.15, -0.1) is 6.58 Å². The highest BCUT2D eigenvalue weighted by molar-refractivity contribution is 5.49. The van der Waals surface area contributed by atoms with Gasteiger partial charge in [-0.3, -0.25) is 0 Å². The molecule has 1 aliphatic rings. The molecule has 1 aromatic rings. The summed E-state index contributed by atoms with van der Waals surface area (Å²) in [6, 6.07) is 3.72. The fraction of sp³-hybridized carbons (Fsp3) is 0.273. The summed E-state index contributed by atoms with van der Waals surface area (Å²) < 4.78 is 10.5. The summed E-state index contributed by atoms with van der Waals surface area (Å²) in [5.74, 6) is 1.46. The fourth-order valence-electron chi connectivity index (χ4n) is 1.52. The molecule has 1 aromatic carbocycles.